The molecule has 0 spiro atoms. The summed E-state index contributed by atoms with van der Waals surface area (Å²) in [6.07, 6.45) is 3.39. The molecule has 108 valence electrons. The maximum Gasteiger partial charge on any atom is 0.326 e. The third-order valence-electron chi connectivity index (χ3n) is 3.89. The van der Waals surface area contributed by atoms with Gasteiger partial charge in [0.1, 0.15) is 6.04 Å². The second-order valence-corrected chi connectivity index (χ2v) is 7.45. The normalized spacial score (nSPS) is 22.4. The van der Waals surface area contributed by atoms with Gasteiger partial charge in [-0.05, 0) is 43.1 Å². The summed E-state index contributed by atoms with van der Waals surface area (Å²) in [4.78, 5) is 27.5. The Hall–Kier alpha value is -1.01. The Labute approximate surface area is 126 Å². The molecule has 0 unspecified atom stereocenters. The first-order valence-electron chi connectivity index (χ1n) is 6.90. The highest BCUT2D eigenvalue weighted by molar-refractivity contribution is 7.98. The Bertz CT molecular complexity index is 517. The number of piperidine rings is 1. The van der Waals surface area contributed by atoms with Crippen LogP contribution in [0.1, 0.15) is 39.4 Å². The summed E-state index contributed by atoms with van der Waals surface area (Å²) >= 11 is 3.44. The van der Waals surface area contributed by atoms with Crippen LogP contribution in [0.25, 0.3) is 0 Å². The molecular weight excluding hydrogens is 294 g/mol. The third-order valence-corrected chi connectivity index (χ3v) is 6.12. The predicted molar refractivity (Wildman–Crippen MR) is 80.5 cm³/mol. The van der Waals surface area contributed by atoms with Gasteiger partial charge in [0, 0.05) is 17.2 Å². The molecule has 2 aliphatic rings. The number of carbonyl (C=O) groups is 2. The van der Waals surface area contributed by atoms with E-state index in [1.54, 1.807) is 16.2 Å². The van der Waals surface area contributed by atoms with Gasteiger partial charge in [-0.3, -0.25) is 4.79 Å². The number of carboxylic acid groups (broad SMARTS) is 1. The van der Waals surface area contributed by atoms with E-state index in [0.717, 1.165) is 30.8 Å². The summed E-state index contributed by atoms with van der Waals surface area (Å²) in [6, 6.07) is 1.33. The summed E-state index contributed by atoms with van der Waals surface area (Å²) in [5.41, 5.74) is 1.26. The van der Waals surface area contributed by atoms with Gasteiger partial charge in [0.25, 0.3) is 5.91 Å². The van der Waals surface area contributed by atoms with E-state index >= 15 is 0 Å². The first-order valence-corrected chi connectivity index (χ1v) is 8.87. The van der Waals surface area contributed by atoms with E-state index in [-0.39, 0.29) is 5.91 Å². The molecule has 20 heavy (non-hydrogen) atoms. The second-order valence-electron chi connectivity index (χ2n) is 5.21. The van der Waals surface area contributed by atoms with Crippen LogP contribution in [0.15, 0.2) is 6.07 Å². The number of aliphatic carboxylic acids is 1. The van der Waals surface area contributed by atoms with Crippen molar-refractivity contribution in [2.45, 2.75) is 37.5 Å². The maximum absolute atomic E-state index is 12.6. The van der Waals surface area contributed by atoms with Crippen molar-refractivity contribution in [3.05, 3.63) is 21.4 Å². The Kier molecular flexibility index (Phi) is 4.03. The number of thioether (sulfide) groups is 1. The highest BCUT2D eigenvalue weighted by atomic mass is 32.2. The topological polar surface area (TPSA) is 57.6 Å². The molecule has 1 aromatic rings. The molecule has 1 saturated heterocycles. The molecule has 0 saturated carbocycles. The molecule has 0 aliphatic carbocycles. The van der Waals surface area contributed by atoms with E-state index < -0.39 is 12.0 Å². The Morgan fingerprint density at radius 1 is 1.35 bits per heavy atom. The summed E-state index contributed by atoms with van der Waals surface area (Å²) in [5, 5.41) is 9.27. The SMILES string of the molecule is O=C(O)[C@H]1CCCCN1C(=O)c1cc2c(s1)CCSC2. The van der Waals surface area contributed by atoms with Gasteiger partial charge in [0.2, 0.25) is 0 Å². The minimum absolute atomic E-state index is 0.0958. The third kappa shape index (κ3) is 2.59. The summed E-state index contributed by atoms with van der Waals surface area (Å²) in [6.45, 7) is 0.563. The van der Waals surface area contributed by atoms with Crippen molar-refractivity contribution in [1.29, 1.82) is 0 Å². The zero-order chi connectivity index (χ0) is 14.1. The molecule has 1 fully saturated rings. The standard InChI is InChI=1S/C14H17NO3S2/c16-13(15-5-2-1-3-10(15)14(17)18)12-7-9-8-19-6-4-11(9)20-12/h7,10H,1-6,8H2,(H,17,18)/t10-/m1/s1. The fraction of sp³-hybridized carbons (Fsp3) is 0.571. The molecule has 1 N–H and O–H groups in total. The lowest BCUT2D eigenvalue weighted by Crippen LogP contribution is -2.47. The van der Waals surface area contributed by atoms with Gasteiger partial charge in [0.15, 0.2) is 0 Å². The highest BCUT2D eigenvalue weighted by Gasteiger charge is 2.33. The zero-order valence-corrected chi connectivity index (χ0v) is 12.8. The van der Waals surface area contributed by atoms with E-state index in [9.17, 15) is 14.7 Å². The first-order chi connectivity index (χ1) is 9.66. The van der Waals surface area contributed by atoms with Crippen molar-refractivity contribution in [3.63, 3.8) is 0 Å². The molecule has 3 heterocycles. The van der Waals surface area contributed by atoms with Crippen LogP contribution in [0, 0.1) is 0 Å². The lowest BCUT2D eigenvalue weighted by molar-refractivity contribution is -0.143. The van der Waals surface area contributed by atoms with Crippen LogP contribution in [0.2, 0.25) is 0 Å². The van der Waals surface area contributed by atoms with Gasteiger partial charge >= 0.3 is 5.97 Å². The van der Waals surface area contributed by atoms with Crippen molar-refractivity contribution in [2.24, 2.45) is 0 Å². The number of aryl methyl sites for hydroxylation is 1. The molecule has 0 aromatic carbocycles. The molecule has 1 aromatic heterocycles. The number of hydrogen-bond donors (Lipinski definition) is 1. The second kappa shape index (κ2) is 5.77. The number of rotatable bonds is 2. The number of hydrogen-bond acceptors (Lipinski definition) is 4. The molecule has 6 heteroatoms. The monoisotopic (exact) mass is 311 g/mol. The minimum Gasteiger partial charge on any atom is -0.480 e. The number of carboxylic acids is 1. The number of likely N-dealkylation sites (tertiary alicyclic amines) is 1. The van der Waals surface area contributed by atoms with Crippen LogP contribution in [0.5, 0.6) is 0 Å². The van der Waals surface area contributed by atoms with Gasteiger partial charge < -0.3 is 10.0 Å². The van der Waals surface area contributed by atoms with E-state index in [4.69, 9.17) is 0 Å². The molecule has 1 atom stereocenters. The Morgan fingerprint density at radius 3 is 2.95 bits per heavy atom. The largest absolute Gasteiger partial charge is 0.480 e. The Balaban J connectivity index is 1.83. The van der Waals surface area contributed by atoms with Crippen LogP contribution in [0.4, 0.5) is 0 Å². The average molecular weight is 311 g/mol. The summed E-state index contributed by atoms with van der Waals surface area (Å²) in [5.74, 6) is 1.11. The smallest absolute Gasteiger partial charge is 0.326 e. The summed E-state index contributed by atoms with van der Waals surface area (Å²) < 4.78 is 0. The number of thiophene rings is 1. The van der Waals surface area contributed by atoms with Crippen molar-refractivity contribution in [1.82, 2.24) is 4.90 Å². The van der Waals surface area contributed by atoms with E-state index in [0.29, 0.717) is 17.8 Å². The Morgan fingerprint density at radius 2 is 2.20 bits per heavy atom. The zero-order valence-electron chi connectivity index (χ0n) is 11.1. The number of fused-ring (bicyclic) bond motifs is 1. The maximum atomic E-state index is 12.6. The number of nitrogens with zero attached hydrogens (tertiary/aromatic N) is 1. The van der Waals surface area contributed by atoms with Gasteiger partial charge in [-0.25, -0.2) is 4.79 Å². The van der Waals surface area contributed by atoms with Gasteiger partial charge in [-0.1, -0.05) is 0 Å². The summed E-state index contributed by atoms with van der Waals surface area (Å²) in [7, 11) is 0. The molecular formula is C14H17NO3S2. The number of carbonyl (C=O) groups excluding carboxylic acids is 1. The minimum atomic E-state index is -0.880. The van der Waals surface area contributed by atoms with Crippen LogP contribution in [0.3, 0.4) is 0 Å². The van der Waals surface area contributed by atoms with Gasteiger partial charge in [-0.15, -0.1) is 11.3 Å². The molecule has 0 radical (unpaired) electrons. The fourth-order valence-electron chi connectivity index (χ4n) is 2.83. The highest BCUT2D eigenvalue weighted by Crippen LogP contribution is 2.33. The van der Waals surface area contributed by atoms with Crippen molar-refractivity contribution >= 4 is 35.0 Å². The van der Waals surface area contributed by atoms with Gasteiger partial charge in [-0.2, -0.15) is 11.8 Å². The lowest BCUT2D eigenvalue weighted by atomic mass is 10.0. The van der Waals surface area contributed by atoms with E-state index in [1.165, 1.54) is 10.4 Å². The average Bonchev–Trinajstić information content (AvgIpc) is 2.90. The first kappa shape index (κ1) is 13.9. The molecule has 3 rings (SSSR count). The van der Waals surface area contributed by atoms with E-state index in [2.05, 4.69) is 0 Å². The van der Waals surface area contributed by atoms with Crippen LogP contribution < -0.4 is 0 Å². The van der Waals surface area contributed by atoms with Crippen LogP contribution >= 0.6 is 23.1 Å². The molecule has 1 amide bonds. The van der Waals surface area contributed by atoms with Crippen LogP contribution in [-0.2, 0) is 17.0 Å². The molecule has 0 bridgehead atoms. The fourth-order valence-corrected chi connectivity index (χ4v) is 5.15. The van der Waals surface area contributed by atoms with Crippen molar-refractivity contribution < 1.29 is 14.7 Å². The van der Waals surface area contributed by atoms with E-state index in [1.807, 2.05) is 17.8 Å². The molecule has 2 aliphatic heterocycles. The van der Waals surface area contributed by atoms with Crippen molar-refractivity contribution in [2.75, 3.05) is 12.3 Å². The van der Waals surface area contributed by atoms with Crippen LogP contribution in [-0.4, -0.2) is 40.2 Å². The predicted octanol–water partition coefficient (Wildman–Crippen LogP) is 2.62. The quantitative estimate of drug-likeness (QED) is 0.912. The lowest BCUT2D eigenvalue weighted by Gasteiger charge is -2.32. The van der Waals surface area contributed by atoms with Crippen molar-refractivity contribution in [3.8, 4) is 0 Å². The number of amides is 1. The molecule has 4 nitrogen and oxygen atoms in total. The van der Waals surface area contributed by atoms with Gasteiger partial charge in [0.05, 0.1) is 4.88 Å².